The maximum absolute atomic E-state index is 14.5. The fraction of sp³-hybridized carbons (Fsp3) is 0.333. The molecule has 1 fully saturated rings. The Morgan fingerprint density at radius 1 is 0.607 bits per heavy atom. The van der Waals surface area contributed by atoms with Crippen molar-refractivity contribution in [2.24, 2.45) is 0 Å². The summed E-state index contributed by atoms with van der Waals surface area (Å²) in [5.41, 5.74) is 3.81. The van der Waals surface area contributed by atoms with Crippen LogP contribution in [0.15, 0.2) is 109 Å². The van der Waals surface area contributed by atoms with E-state index in [4.69, 9.17) is 0 Å². The first kappa shape index (κ1) is 40.2. The number of likely N-dealkylation sites (tertiary alicyclic amines) is 1. The second-order valence-corrected chi connectivity index (χ2v) is 14.9. The summed E-state index contributed by atoms with van der Waals surface area (Å²) < 4.78 is 56.4. The number of hydrogen-bond donors (Lipinski definition) is 0. The molecule has 0 N–H and O–H groups in total. The Labute approximate surface area is 327 Å². The molecule has 2 unspecified atom stereocenters. The van der Waals surface area contributed by atoms with Gasteiger partial charge in [0, 0.05) is 82.4 Å². The van der Waals surface area contributed by atoms with Gasteiger partial charge in [-0.2, -0.15) is 0 Å². The summed E-state index contributed by atoms with van der Waals surface area (Å²) in [4.78, 5) is 35.0. The van der Waals surface area contributed by atoms with Crippen LogP contribution in [0.1, 0.15) is 46.9 Å². The van der Waals surface area contributed by atoms with Crippen LogP contribution in [0.5, 0.6) is 0 Å². The molecule has 0 radical (unpaired) electrons. The lowest BCUT2D eigenvalue weighted by atomic mass is 9.90. The number of carbonyl (C=O) groups excluding carboxylic acids is 2. The van der Waals surface area contributed by atoms with Gasteiger partial charge in [0.25, 0.3) is 0 Å². The SMILES string of the molecule is CN(C)CCN(C)C(=O)N1CC(c2cc(F)ccc2F)=CC(c2ccccc2)C1.O=C(N1CCCC1)N1CC(c2cc(F)ccc2F)=CC(c2ccccc2)C1. The van der Waals surface area contributed by atoms with Gasteiger partial charge in [-0.05, 0) is 85.6 Å². The molecule has 56 heavy (non-hydrogen) atoms. The minimum Gasteiger partial charge on any atom is -0.326 e. The number of halogens is 4. The van der Waals surface area contributed by atoms with E-state index in [0.29, 0.717) is 37.3 Å². The van der Waals surface area contributed by atoms with Crippen molar-refractivity contribution in [1.82, 2.24) is 24.5 Å². The maximum atomic E-state index is 14.5. The van der Waals surface area contributed by atoms with Crippen LogP contribution in [-0.2, 0) is 0 Å². The molecule has 1 saturated heterocycles. The molecular weight excluding hydrogens is 719 g/mol. The highest BCUT2D eigenvalue weighted by atomic mass is 19.1. The van der Waals surface area contributed by atoms with Crippen LogP contribution >= 0.6 is 0 Å². The molecule has 3 heterocycles. The molecule has 294 valence electrons. The highest BCUT2D eigenvalue weighted by Crippen LogP contribution is 2.33. The van der Waals surface area contributed by atoms with E-state index in [1.54, 1.807) is 21.7 Å². The van der Waals surface area contributed by atoms with Crippen molar-refractivity contribution in [3.05, 3.63) is 155 Å². The van der Waals surface area contributed by atoms with Crippen molar-refractivity contribution < 1.29 is 27.2 Å². The summed E-state index contributed by atoms with van der Waals surface area (Å²) in [6.45, 7) is 4.44. The van der Waals surface area contributed by atoms with Crippen LogP contribution in [0.25, 0.3) is 11.1 Å². The van der Waals surface area contributed by atoms with Gasteiger partial charge in [-0.25, -0.2) is 27.2 Å². The number of likely N-dealkylation sites (N-methyl/N-ethyl adjacent to an activating group) is 2. The molecule has 11 heteroatoms. The van der Waals surface area contributed by atoms with E-state index in [1.807, 2.05) is 96.7 Å². The normalized spacial score (nSPS) is 18.2. The lowest BCUT2D eigenvalue weighted by molar-refractivity contribution is 0.162. The van der Waals surface area contributed by atoms with Crippen molar-refractivity contribution in [3.63, 3.8) is 0 Å². The summed E-state index contributed by atoms with van der Waals surface area (Å²) in [6, 6.07) is 26.4. The Morgan fingerprint density at radius 2 is 1.07 bits per heavy atom. The number of urea groups is 2. The van der Waals surface area contributed by atoms with Gasteiger partial charge in [-0.15, -0.1) is 0 Å². The lowest BCUT2D eigenvalue weighted by Gasteiger charge is -2.35. The Balaban J connectivity index is 0.000000190. The predicted molar refractivity (Wildman–Crippen MR) is 213 cm³/mol. The molecule has 4 aromatic rings. The Hall–Kier alpha value is -5.42. The van der Waals surface area contributed by atoms with Gasteiger partial charge in [0.2, 0.25) is 0 Å². The van der Waals surface area contributed by atoms with E-state index in [-0.39, 0.29) is 41.6 Å². The zero-order valence-corrected chi connectivity index (χ0v) is 32.2. The summed E-state index contributed by atoms with van der Waals surface area (Å²) in [7, 11) is 5.68. The van der Waals surface area contributed by atoms with Crippen molar-refractivity contribution in [3.8, 4) is 0 Å². The molecule has 0 spiro atoms. The van der Waals surface area contributed by atoms with Crippen LogP contribution in [0, 0.1) is 23.3 Å². The quantitative estimate of drug-likeness (QED) is 0.177. The second-order valence-electron chi connectivity index (χ2n) is 14.9. The molecule has 4 aromatic carbocycles. The minimum absolute atomic E-state index is 0.0177. The average molecular weight is 768 g/mol. The molecule has 0 aromatic heterocycles. The van der Waals surface area contributed by atoms with E-state index in [9.17, 15) is 27.2 Å². The molecular formula is C45H49F4N5O2. The third kappa shape index (κ3) is 10.1. The van der Waals surface area contributed by atoms with Gasteiger partial charge in [0.1, 0.15) is 23.3 Å². The Kier molecular flexibility index (Phi) is 13.3. The fourth-order valence-electron chi connectivity index (χ4n) is 7.44. The van der Waals surface area contributed by atoms with E-state index in [1.165, 1.54) is 12.1 Å². The zero-order valence-electron chi connectivity index (χ0n) is 32.2. The molecule has 3 aliphatic rings. The molecule has 0 aliphatic carbocycles. The average Bonchev–Trinajstić information content (AvgIpc) is 3.77. The van der Waals surface area contributed by atoms with Crippen LogP contribution in [-0.4, -0.2) is 110 Å². The number of benzene rings is 4. The Morgan fingerprint density at radius 3 is 1.55 bits per heavy atom. The third-order valence-electron chi connectivity index (χ3n) is 10.5. The van der Waals surface area contributed by atoms with Crippen LogP contribution in [0.3, 0.4) is 0 Å². The third-order valence-corrected chi connectivity index (χ3v) is 10.5. The molecule has 0 saturated carbocycles. The molecule has 2 atom stereocenters. The van der Waals surface area contributed by atoms with E-state index >= 15 is 0 Å². The molecule has 4 amide bonds. The van der Waals surface area contributed by atoms with E-state index in [0.717, 1.165) is 67.9 Å². The topological polar surface area (TPSA) is 50.3 Å². The molecule has 3 aliphatic heterocycles. The Bertz CT molecular complexity index is 2030. The smallest absolute Gasteiger partial charge is 0.320 e. The fourth-order valence-corrected chi connectivity index (χ4v) is 7.44. The summed E-state index contributed by atoms with van der Waals surface area (Å²) >= 11 is 0. The number of hydrogen-bond acceptors (Lipinski definition) is 3. The maximum Gasteiger partial charge on any atom is 0.320 e. The molecule has 0 bridgehead atoms. The number of nitrogens with zero attached hydrogens (tertiary/aromatic N) is 5. The predicted octanol–water partition coefficient (Wildman–Crippen LogP) is 8.72. The largest absolute Gasteiger partial charge is 0.326 e. The van der Waals surface area contributed by atoms with Crippen molar-refractivity contribution >= 4 is 23.2 Å². The van der Waals surface area contributed by atoms with E-state index < -0.39 is 23.3 Å². The van der Waals surface area contributed by atoms with Gasteiger partial charge in [0.15, 0.2) is 0 Å². The highest BCUT2D eigenvalue weighted by Gasteiger charge is 2.31. The van der Waals surface area contributed by atoms with E-state index in [2.05, 4.69) is 0 Å². The van der Waals surface area contributed by atoms with Crippen LogP contribution in [0.2, 0.25) is 0 Å². The number of carbonyl (C=O) groups is 2. The number of rotatable bonds is 7. The van der Waals surface area contributed by atoms with Gasteiger partial charge in [0.05, 0.1) is 0 Å². The minimum atomic E-state index is -0.495. The standard InChI is InChI=1S/C23H27F2N3O.C22H22F2N2O/c1-26(2)11-12-27(3)23(29)28-15-18(17-7-5-4-6-8-17)13-19(16-28)21-14-20(24)9-10-22(21)25;23-19-8-9-21(24)20(13-19)18-12-17(16-6-2-1-3-7-16)14-26(15-18)22(27)25-10-4-5-11-25/h4-10,13-14,18H,11-12,15-16H2,1-3H3;1-3,6-9,12-13,17H,4-5,10-11,14-15H2. The first-order chi connectivity index (χ1) is 27.0. The molecule has 7 nitrogen and oxygen atoms in total. The summed E-state index contributed by atoms with van der Waals surface area (Å²) in [5.74, 6) is -2.07. The highest BCUT2D eigenvalue weighted by molar-refractivity contribution is 5.81. The van der Waals surface area contributed by atoms with Crippen molar-refractivity contribution in [1.29, 1.82) is 0 Å². The first-order valence-corrected chi connectivity index (χ1v) is 19.1. The van der Waals surface area contributed by atoms with Crippen LogP contribution < -0.4 is 0 Å². The number of amides is 4. The summed E-state index contributed by atoms with van der Waals surface area (Å²) in [5, 5.41) is 0. The monoisotopic (exact) mass is 767 g/mol. The zero-order chi connectivity index (χ0) is 39.8. The van der Waals surface area contributed by atoms with Gasteiger partial charge in [-0.3, -0.25) is 0 Å². The molecule has 7 rings (SSSR count). The van der Waals surface area contributed by atoms with Crippen molar-refractivity contribution in [2.75, 3.05) is 73.5 Å². The van der Waals surface area contributed by atoms with Gasteiger partial charge >= 0.3 is 12.1 Å². The van der Waals surface area contributed by atoms with Gasteiger partial charge in [-0.1, -0.05) is 72.8 Å². The lowest BCUT2D eigenvalue weighted by Crippen LogP contribution is -2.46. The summed E-state index contributed by atoms with van der Waals surface area (Å²) in [6.07, 6.45) is 5.96. The van der Waals surface area contributed by atoms with Crippen molar-refractivity contribution in [2.45, 2.75) is 24.7 Å². The second kappa shape index (κ2) is 18.5. The van der Waals surface area contributed by atoms with Gasteiger partial charge < -0.3 is 24.5 Å². The first-order valence-electron chi connectivity index (χ1n) is 19.1. The van der Waals surface area contributed by atoms with Crippen LogP contribution in [0.4, 0.5) is 27.2 Å².